The molecule has 0 N–H and O–H groups in total. The Morgan fingerprint density at radius 1 is 1.04 bits per heavy atom. The molecule has 2 heterocycles. The maximum absolute atomic E-state index is 6.15. The quantitative estimate of drug-likeness (QED) is 0.324. The fourth-order valence-corrected chi connectivity index (χ4v) is 3.64. The molecular weight excluding hydrogens is 340 g/mol. The number of nitrogens with zero attached hydrogens (tertiary/aromatic N) is 2. The highest BCUT2D eigenvalue weighted by molar-refractivity contribution is 8.00. The molecule has 0 saturated heterocycles. The molecule has 24 heavy (non-hydrogen) atoms. The maximum atomic E-state index is 6.15. The summed E-state index contributed by atoms with van der Waals surface area (Å²) in [5.74, 6) is 1.26. The Labute approximate surface area is 149 Å². The standard InChI is InChI=1S/C19H15ClN2OS/c1-11(2)24-19-14-8-7-13(20)10-15(14)21-18(22-19)17-9-12-5-3-4-6-16(12)23-17/h3-11H,1-2H3. The summed E-state index contributed by atoms with van der Waals surface area (Å²) in [7, 11) is 0. The van der Waals surface area contributed by atoms with Gasteiger partial charge < -0.3 is 4.42 Å². The van der Waals surface area contributed by atoms with Gasteiger partial charge in [0.15, 0.2) is 11.6 Å². The van der Waals surface area contributed by atoms with Crippen molar-refractivity contribution in [3.05, 3.63) is 53.6 Å². The Hall–Kier alpha value is -2.04. The van der Waals surface area contributed by atoms with E-state index in [1.165, 1.54) is 0 Å². The van der Waals surface area contributed by atoms with E-state index in [-0.39, 0.29) is 0 Å². The molecule has 0 aliphatic carbocycles. The first kappa shape index (κ1) is 15.5. The van der Waals surface area contributed by atoms with Crippen molar-refractivity contribution in [2.75, 3.05) is 0 Å². The van der Waals surface area contributed by atoms with Crippen molar-refractivity contribution >= 4 is 45.2 Å². The van der Waals surface area contributed by atoms with E-state index in [1.807, 2.05) is 48.5 Å². The van der Waals surface area contributed by atoms with E-state index >= 15 is 0 Å². The number of halogens is 1. The van der Waals surface area contributed by atoms with E-state index in [1.54, 1.807) is 11.8 Å². The van der Waals surface area contributed by atoms with Crippen LogP contribution in [-0.2, 0) is 0 Å². The van der Waals surface area contributed by atoms with Crippen LogP contribution >= 0.6 is 23.4 Å². The number of benzene rings is 2. The molecule has 0 atom stereocenters. The van der Waals surface area contributed by atoms with Crippen molar-refractivity contribution in [1.82, 2.24) is 9.97 Å². The van der Waals surface area contributed by atoms with Gasteiger partial charge in [0.1, 0.15) is 10.6 Å². The zero-order chi connectivity index (χ0) is 16.7. The largest absolute Gasteiger partial charge is 0.453 e. The van der Waals surface area contributed by atoms with Gasteiger partial charge >= 0.3 is 0 Å². The second kappa shape index (κ2) is 6.11. The zero-order valence-electron chi connectivity index (χ0n) is 13.3. The topological polar surface area (TPSA) is 38.9 Å². The van der Waals surface area contributed by atoms with Crippen LogP contribution in [0, 0.1) is 0 Å². The SMILES string of the molecule is CC(C)Sc1nc(-c2cc3ccccc3o2)nc2cc(Cl)ccc12. The minimum atomic E-state index is 0.419. The number of hydrogen-bond donors (Lipinski definition) is 0. The summed E-state index contributed by atoms with van der Waals surface area (Å²) >= 11 is 7.86. The van der Waals surface area contributed by atoms with E-state index in [0.717, 1.165) is 26.9 Å². The summed E-state index contributed by atoms with van der Waals surface area (Å²) in [5, 5.41) is 4.08. The van der Waals surface area contributed by atoms with Gasteiger partial charge in [-0.3, -0.25) is 0 Å². The lowest BCUT2D eigenvalue weighted by atomic mass is 10.2. The monoisotopic (exact) mass is 354 g/mol. The highest BCUT2D eigenvalue weighted by Crippen LogP contribution is 2.33. The van der Waals surface area contributed by atoms with Crippen molar-refractivity contribution in [3.8, 4) is 11.6 Å². The molecule has 0 unspecified atom stereocenters. The number of hydrogen-bond acceptors (Lipinski definition) is 4. The van der Waals surface area contributed by atoms with E-state index in [4.69, 9.17) is 21.0 Å². The molecule has 3 nitrogen and oxygen atoms in total. The van der Waals surface area contributed by atoms with Gasteiger partial charge in [0.25, 0.3) is 0 Å². The van der Waals surface area contributed by atoms with Crippen LogP contribution < -0.4 is 0 Å². The molecule has 0 spiro atoms. The van der Waals surface area contributed by atoms with Crippen LogP contribution in [0.2, 0.25) is 5.02 Å². The molecule has 120 valence electrons. The Balaban J connectivity index is 1.94. The Morgan fingerprint density at radius 2 is 1.88 bits per heavy atom. The summed E-state index contributed by atoms with van der Waals surface area (Å²) in [6.45, 7) is 4.30. The van der Waals surface area contributed by atoms with Gasteiger partial charge in [-0.1, -0.05) is 43.6 Å². The lowest BCUT2D eigenvalue weighted by Gasteiger charge is -2.09. The third kappa shape index (κ3) is 2.87. The number of rotatable bonds is 3. The Kier molecular flexibility index (Phi) is 3.94. The predicted octanol–water partition coefficient (Wildman–Crippen LogP) is 6.20. The zero-order valence-corrected chi connectivity index (χ0v) is 14.9. The highest BCUT2D eigenvalue weighted by atomic mass is 35.5. The molecule has 0 fully saturated rings. The van der Waals surface area contributed by atoms with Gasteiger partial charge in [-0.2, -0.15) is 0 Å². The Morgan fingerprint density at radius 3 is 2.67 bits per heavy atom. The molecule has 0 aliphatic heterocycles. The maximum Gasteiger partial charge on any atom is 0.197 e. The average molecular weight is 355 g/mol. The minimum absolute atomic E-state index is 0.419. The first-order chi connectivity index (χ1) is 11.6. The van der Waals surface area contributed by atoms with Gasteiger partial charge in [-0.25, -0.2) is 9.97 Å². The van der Waals surface area contributed by atoms with Gasteiger partial charge in [0.2, 0.25) is 0 Å². The second-order valence-corrected chi connectivity index (χ2v) is 7.83. The molecule has 2 aromatic carbocycles. The van der Waals surface area contributed by atoms with Gasteiger partial charge in [-0.15, -0.1) is 11.8 Å². The molecule has 2 aromatic heterocycles. The smallest absolute Gasteiger partial charge is 0.197 e. The third-order valence-corrected chi connectivity index (χ3v) is 4.86. The number of furan rings is 1. The van der Waals surface area contributed by atoms with E-state index < -0.39 is 0 Å². The van der Waals surface area contributed by atoms with Crippen molar-refractivity contribution in [2.45, 2.75) is 24.1 Å². The van der Waals surface area contributed by atoms with Crippen molar-refractivity contribution < 1.29 is 4.42 Å². The fraction of sp³-hybridized carbons (Fsp3) is 0.158. The summed E-state index contributed by atoms with van der Waals surface area (Å²) in [6, 6.07) is 15.6. The molecule has 0 radical (unpaired) electrons. The molecule has 0 saturated carbocycles. The van der Waals surface area contributed by atoms with Crippen LogP contribution in [0.1, 0.15) is 13.8 Å². The summed E-state index contributed by atoms with van der Waals surface area (Å²) < 4.78 is 5.93. The second-order valence-electron chi connectivity index (χ2n) is 5.83. The van der Waals surface area contributed by atoms with Crippen molar-refractivity contribution in [1.29, 1.82) is 0 Å². The van der Waals surface area contributed by atoms with Crippen LogP contribution in [0.5, 0.6) is 0 Å². The summed E-state index contributed by atoms with van der Waals surface area (Å²) in [6.07, 6.45) is 0. The first-order valence-corrected chi connectivity index (χ1v) is 8.99. The predicted molar refractivity (Wildman–Crippen MR) is 101 cm³/mol. The van der Waals surface area contributed by atoms with Crippen LogP contribution in [0.4, 0.5) is 0 Å². The molecular formula is C19H15ClN2OS. The van der Waals surface area contributed by atoms with Crippen LogP contribution in [0.15, 0.2) is 58.0 Å². The molecule has 4 aromatic rings. The number of fused-ring (bicyclic) bond motifs is 2. The van der Waals surface area contributed by atoms with Gasteiger partial charge in [0, 0.05) is 21.0 Å². The van der Waals surface area contributed by atoms with Crippen molar-refractivity contribution in [3.63, 3.8) is 0 Å². The molecule has 4 rings (SSSR count). The first-order valence-electron chi connectivity index (χ1n) is 7.73. The van der Waals surface area contributed by atoms with E-state index in [2.05, 4.69) is 18.8 Å². The highest BCUT2D eigenvalue weighted by Gasteiger charge is 2.14. The van der Waals surface area contributed by atoms with Crippen LogP contribution in [0.25, 0.3) is 33.5 Å². The number of thioether (sulfide) groups is 1. The molecule has 0 aliphatic rings. The summed E-state index contributed by atoms with van der Waals surface area (Å²) in [4.78, 5) is 9.42. The van der Waals surface area contributed by atoms with Gasteiger partial charge in [0.05, 0.1) is 5.52 Å². The molecule has 0 bridgehead atoms. The number of para-hydroxylation sites is 1. The Bertz CT molecular complexity index is 1010. The van der Waals surface area contributed by atoms with Crippen LogP contribution in [-0.4, -0.2) is 15.2 Å². The lowest BCUT2D eigenvalue weighted by Crippen LogP contribution is -1.96. The molecule has 5 heteroatoms. The van der Waals surface area contributed by atoms with Crippen LogP contribution in [0.3, 0.4) is 0 Å². The fourth-order valence-electron chi connectivity index (χ4n) is 2.59. The minimum Gasteiger partial charge on any atom is -0.453 e. The average Bonchev–Trinajstić information content (AvgIpc) is 2.97. The van der Waals surface area contributed by atoms with Gasteiger partial charge in [-0.05, 0) is 30.3 Å². The molecule has 0 amide bonds. The normalized spacial score (nSPS) is 11.7. The number of aromatic nitrogens is 2. The van der Waals surface area contributed by atoms with Crippen molar-refractivity contribution in [2.24, 2.45) is 0 Å². The van der Waals surface area contributed by atoms with E-state index in [0.29, 0.717) is 21.9 Å². The lowest BCUT2D eigenvalue weighted by molar-refractivity contribution is 0.624. The van der Waals surface area contributed by atoms with E-state index in [9.17, 15) is 0 Å². The third-order valence-electron chi connectivity index (χ3n) is 3.62. The summed E-state index contributed by atoms with van der Waals surface area (Å²) in [5.41, 5.74) is 1.66.